The summed E-state index contributed by atoms with van der Waals surface area (Å²) in [6.07, 6.45) is 2.61. The summed E-state index contributed by atoms with van der Waals surface area (Å²) in [5, 5.41) is 6.73. The number of aromatic nitrogens is 1. The smallest absolute Gasteiger partial charge is 0.185 e. The van der Waals surface area contributed by atoms with Crippen molar-refractivity contribution in [2.45, 2.75) is 0 Å². The standard InChI is InChI=1S/C12H6F2N2/c13-10-5-8(6-11(14)9(10)7-15)12-3-1-2-4-16-12/h1-5,15H. The molecule has 1 aromatic rings. The fourth-order valence-electron chi connectivity index (χ4n) is 1.30. The van der Waals surface area contributed by atoms with Gasteiger partial charge in [-0.2, -0.15) is 4.39 Å². The van der Waals surface area contributed by atoms with E-state index in [0.29, 0.717) is 5.69 Å². The van der Waals surface area contributed by atoms with Gasteiger partial charge in [-0.3, -0.25) is 10.4 Å². The summed E-state index contributed by atoms with van der Waals surface area (Å²) in [5.74, 6) is -0.0849. The van der Waals surface area contributed by atoms with Crippen molar-refractivity contribution >= 4 is 11.4 Å². The highest BCUT2D eigenvalue weighted by molar-refractivity contribution is 5.80. The molecular weight excluding hydrogens is 210 g/mol. The number of hydrogen-bond donors (Lipinski definition) is 1. The van der Waals surface area contributed by atoms with Gasteiger partial charge in [0.1, 0.15) is 11.4 Å². The summed E-state index contributed by atoms with van der Waals surface area (Å²) in [6.45, 7) is 0. The van der Waals surface area contributed by atoms with Gasteiger partial charge in [0.25, 0.3) is 0 Å². The molecule has 0 aliphatic heterocycles. The molecule has 0 amide bonds. The lowest BCUT2D eigenvalue weighted by atomic mass is 10.0. The molecule has 1 aromatic heterocycles. The first-order chi connectivity index (χ1) is 7.72. The third-order valence-corrected chi connectivity index (χ3v) is 2.04. The number of halogens is 2. The van der Waals surface area contributed by atoms with Gasteiger partial charge in [0, 0.05) is 11.8 Å². The quantitative estimate of drug-likeness (QED) is 0.568. The van der Waals surface area contributed by atoms with Crippen LogP contribution in [0.15, 0.2) is 53.4 Å². The zero-order valence-electron chi connectivity index (χ0n) is 8.09. The summed E-state index contributed by atoms with van der Waals surface area (Å²) in [4.78, 5) is 3.95. The van der Waals surface area contributed by atoms with Gasteiger partial charge < -0.3 is 0 Å². The second-order valence-corrected chi connectivity index (χ2v) is 3.06. The summed E-state index contributed by atoms with van der Waals surface area (Å²) < 4.78 is 26.6. The van der Waals surface area contributed by atoms with Crippen LogP contribution in [0.25, 0.3) is 5.57 Å². The van der Waals surface area contributed by atoms with Crippen LogP contribution < -0.4 is 0 Å². The molecule has 2 nitrogen and oxygen atoms in total. The second-order valence-electron chi connectivity index (χ2n) is 3.06. The Morgan fingerprint density at radius 1 is 1.31 bits per heavy atom. The number of allylic oxidation sites excluding steroid dienone is 4. The van der Waals surface area contributed by atoms with E-state index in [0.717, 1.165) is 6.08 Å². The molecule has 0 unspecified atom stereocenters. The molecule has 0 saturated heterocycles. The third-order valence-electron chi connectivity index (χ3n) is 2.04. The summed E-state index contributed by atoms with van der Waals surface area (Å²) in [6, 6.07) is 5.04. The molecule has 1 aliphatic carbocycles. The molecule has 0 radical (unpaired) electrons. The number of rotatable bonds is 1. The molecule has 2 rings (SSSR count). The molecular formula is C12H6F2N2. The predicted octanol–water partition coefficient (Wildman–Crippen LogP) is 2.96. The SMILES string of the molecule is N=C=C1C(F)=C=C(c2ccccn2)C=C1F. The number of pyridine rings is 1. The van der Waals surface area contributed by atoms with E-state index in [1.54, 1.807) is 24.1 Å². The predicted molar refractivity (Wildman–Crippen MR) is 56.2 cm³/mol. The molecule has 1 aliphatic rings. The van der Waals surface area contributed by atoms with Crippen LogP contribution in [0, 0.1) is 5.41 Å². The van der Waals surface area contributed by atoms with Gasteiger partial charge in [0.2, 0.25) is 0 Å². The van der Waals surface area contributed by atoms with Crippen LogP contribution in [-0.4, -0.2) is 10.9 Å². The Hall–Kier alpha value is -2.28. The highest BCUT2D eigenvalue weighted by Crippen LogP contribution is 2.28. The minimum Gasteiger partial charge on any atom is -0.258 e. The Labute approximate surface area is 90.5 Å². The highest BCUT2D eigenvalue weighted by atomic mass is 19.1. The molecule has 0 bridgehead atoms. The van der Waals surface area contributed by atoms with Crippen molar-refractivity contribution in [3.63, 3.8) is 0 Å². The van der Waals surface area contributed by atoms with Gasteiger partial charge in [-0.15, -0.1) is 0 Å². The van der Waals surface area contributed by atoms with Gasteiger partial charge in [0.05, 0.1) is 5.69 Å². The number of nitrogens with one attached hydrogen (secondary N) is 1. The normalized spacial score (nSPS) is 14.9. The van der Waals surface area contributed by atoms with E-state index < -0.39 is 17.2 Å². The van der Waals surface area contributed by atoms with Gasteiger partial charge in [-0.05, 0) is 24.1 Å². The minimum absolute atomic E-state index is 0.217. The summed E-state index contributed by atoms with van der Waals surface area (Å²) in [5.41, 5.74) is 2.46. The molecule has 1 heterocycles. The zero-order valence-corrected chi connectivity index (χ0v) is 8.09. The molecule has 0 saturated carbocycles. The van der Waals surface area contributed by atoms with E-state index in [-0.39, 0.29) is 5.57 Å². The maximum Gasteiger partial charge on any atom is 0.185 e. The molecule has 0 atom stereocenters. The topological polar surface area (TPSA) is 36.7 Å². The largest absolute Gasteiger partial charge is 0.258 e. The Bertz CT molecular complexity index is 572. The van der Waals surface area contributed by atoms with E-state index in [1.807, 2.05) is 0 Å². The Kier molecular flexibility index (Phi) is 2.61. The third kappa shape index (κ3) is 1.75. The van der Waals surface area contributed by atoms with E-state index in [9.17, 15) is 8.78 Å². The lowest BCUT2D eigenvalue weighted by Crippen LogP contribution is -1.94. The van der Waals surface area contributed by atoms with Crippen molar-refractivity contribution in [2.24, 2.45) is 0 Å². The average molecular weight is 216 g/mol. The molecule has 78 valence electrons. The van der Waals surface area contributed by atoms with E-state index in [2.05, 4.69) is 10.7 Å². The van der Waals surface area contributed by atoms with E-state index in [1.165, 1.54) is 6.20 Å². The molecule has 0 fully saturated rings. The highest BCUT2D eigenvalue weighted by Gasteiger charge is 2.16. The number of hydrogen-bond acceptors (Lipinski definition) is 2. The van der Waals surface area contributed by atoms with Crippen LogP contribution in [0.1, 0.15) is 5.69 Å². The Morgan fingerprint density at radius 3 is 2.69 bits per heavy atom. The number of nitrogens with zero attached hydrogens (tertiary/aromatic N) is 1. The van der Waals surface area contributed by atoms with Gasteiger partial charge in [-0.1, -0.05) is 11.8 Å². The van der Waals surface area contributed by atoms with E-state index in [4.69, 9.17) is 5.41 Å². The van der Waals surface area contributed by atoms with E-state index >= 15 is 0 Å². The maximum atomic E-state index is 13.3. The first kappa shape index (κ1) is 10.2. The van der Waals surface area contributed by atoms with Gasteiger partial charge in [0.15, 0.2) is 5.83 Å². The second kappa shape index (κ2) is 4.07. The van der Waals surface area contributed by atoms with Crippen LogP contribution in [0.4, 0.5) is 8.78 Å². The van der Waals surface area contributed by atoms with Crippen molar-refractivity contribution in [2.75, 3.05) is 0 Å². The van der Waals surface area contributed by atoms with Gasteiger partial charge in [-0.25, -0.2) is 4.39 Å². The lowest BCUT2D eigenvalue weighted by molar-refractivity contribution is 0.606. The lowest BCUT2D eigenvalue weighted by Gasteiger charge is -2.05. The van der Waals surface area contributed by atoms with Crippen LogP contribution in [0.3, 0.4) is 0 Å². The summed E-state index contributed by atoms with van der Waals surface area (Å²) in [7, 11) is 0. The van der Waals surface area contributed by atoms with Crippen molar-refractivity contribution in [3.8, 4) is 0 Å². The van der Waals surface area contributed by atoms with Crippen molar-refractivity contribution in [1.82, 2.24) is 4.98 Å². The van der Waals surface area contributed by atoms with Crippen LogP contribution in [0.5, 0.6) is 0 Å². The molecule has 16 heavy (non-hydrogen) atoms. The molecule has 0 spiro atoms. The zero-order chi connectivity index (χ0) is 11.5. The monoisotopic (exact) mass is 216 g/mol. The fraction of sp³-hybridized carbons (Fsp3) is 0. The van der Waals surface area contributed by atoms with Crippen LogP contribution in [0.2, 0.25) is 0 Å². The Balaban J connectivity index is 2.62. The van der Waals surface area contributed by atoms with Crippen molar-refractivity contribution < 1.29 is 8.78 Å². The van der Waals surface area contributed by atoms with Crippen molar-refractivity contribution in [1.29, 1.82) is 5.41 Å². The van der Waals surface area contributed by atoms with Gasteiger partial charge >= 0.3 is 0 Å². The maximum absolute atomic E-state index is 13.3. The average Bonchev–Trinajstić information content (AvgIpc) is 2.30. The molecule has 4 heteroatoms. The first-order valence-electron chi connectivity index (χ1n) is 4.48. The Morgan fingerprint density at radius 2 is 2.12 bits per heavy atom. The fourth-order valence-corrected chi connectivity index (χ4v) is 1.30. The summed E-state index contributed by atoms with van der Waals surface area (Å²) >= 11 is 0. The van der Waals surface area contributed by atoms with Crippen LogP contribution in [-0.2, 0) is 0 Å². The minimum atomic E-state index is -0.935. The van der Waals surface area contributed by atoms with Crippen LogP contribution >= 0.6 is 0 Å². The molecule has 1 N–H and O–H groups in total. The van der Waals surface area contributed by atoms with Crippen molar-refractivity contribution in [3.05, 3.63) is 59.1 Å². The molecule has 0 aromatic carbocycles. The first-order valence-corrected chi connectivity index (χ1v) is 4.48.